The number of nitrogens with one attached hydrogen (secondary N) is 6. The molecule has 0 aliphatic rings. The normalized spacial score (nSPS) is 15.2. The minimum absolute atomic E-state index is 0.109. The van der Waals surface area contributed by atoms with Crippen LogP contribution in [0, 0.1) is 11.8 Å². The number of carboxylic acids is 3. The number of carbonyl (C=O) groups is 9. The molecule has 1 aromatic rings. The fourth-order valence-corrected chi connectivity index (χ4v) is 5.49. The Kier molecular flexibility index (Phi) is 22.2. The van der Waals surface area contributed by atoms with E-state index < -0.39 is 127 Å². The van der Waals surface area contributed by atoms with E-state index in [-0.39, 0.29) is 25.8 Å². The first-order chi connectivity index (χ1) is 27.2. The third kappa shape index (κ3) is 17.6. The van der Waals surface area contributed by atoms with E-state index in [0.717, 1.165) is 5.56 Å². The largest absolute Gasteiger partial charge is 0.481 e. The van der Waals surface area contributed by atoms with Gasteiger partial charge in [-0.05, 0) is 49.6 Å². The minimum atomic E-state index is -1.94. The second-order valence-electron chi connectivity index (χ2n) is 14.1. The van der Waals surface area contributed by atoms with E-state index in [0.29, 0.717) is 12.8 Å². The second kappa shape index (κ2) is 25.6. The Morgan fingerprint density at radius 3 is 1.55 bits per heavy atom. The van der Waals surface area contributed by atoms with Crippen LogP contribution in [0.3, 0.4) is 0 Å². The predicted molar refractivity (Wildman–Crippen MR) is 206 cm³/mol. The minimum Gasteiger partial charge on any atom is -0.481 e. The van der Waals surface area contributed by atoms with Crippen molar-refractivity contribution in [1.29, 1.82) is 0 Å². The Morgan fingerprint density at radius 2 is 1.09 bits per heavy atom. The van der Waals surface area contributed by atoms with Crippen LogP contribution in [-0.2, 0) is 49.6 Å². The van der Waals surface area contributed by atoms with Crippen LogP contribution in [-0.4, -0.2) is 129 Å². The summed E-state index contributed by atoms with van der Waals surface area (Å²) < 4.78 is 0. The maximum Gasteiger partial charge on any atom is 0.328 e. The van der Waals surface area contributed by atoms with E-state index in [2.05, 4.69) is 26.6 Å². The fourth-order valence-electron chi connectivity index (χ4n) is 5.49. The highest BCUT2D eigenvalue weighted by atomic mass is 16.4. The third-order valence-corrected chi connectivity index (χ3v) is 9.08. The number of aliphatic hydroxyl groups excluding tert-OH is 1. The number of carboxylic acid groups (broad SMARTS) is 3. The first-order valence-corrected chi connectivity index (χ1v) is 18.8. The zero-order chi connectivity index (χ0) is 44.1. The number of aliphatic carboxylic acids is 3. The molecule has 0 aliphatic heterocycles. The van der Waals surface area contributed by atoms with E-state index >= 15 is 0 Å². The maximum atomic E-state index is 13.7. The van der Waals surface area contributed by atoms with Gasteiger partial charge in [0.2, 0.25) is 35.4 Å². The smallest absolute Gasteiger partial charge is 0.328 e. The summed E-state index contributed by atoms with van der Waals surface area (Å²) in [5.41, 5.74) is 12.4. The molecule has 0 spiro atoms. The summed E-state index contributed by atoms with van der Waals surface area (Å²) in [6.45, 7) is 5.82. The SMILES string of the molecule is CC[C@H](C)[C@H](NC(=O)[C@@H](NC(=O)[C@@H](N)Cc1ccccc1)C(C)C)C(=O)N[C@@H](CC(=O)O)C(=O)N[C@@H](CC(=O)O)C(=O)N[C@@H](CCCCN)C(=O)N[C@@H](CO)C(=O)O. The molecule has 0 saturated carbocycles. The van der Waals surface area contributed by atoms with Crippen LogP contribution in [0.4, 0.5) is 0 Å². The molecule has 21 nitrogen and oxygen atoms in total. The molecule has 6 amide bonds. The molecule has 1 aromatic carbocycles. The number of carbonyl (C=O) groups excluding carboxylic acids is 6. The van der Waals surface area contributed by atoms with Crippen molar-refractivity contribution in [3.63, 3.8) is 0 Å². The highest BCUT2D eigenvalue weighted by Crippen LogP contribution is 2.12. The molecular weight excluding hydrogens is 764 g/mol. The molecule has 0 heterocycles. The van der Waals surface area contributed by atoms with Gasteiger partial charge in [0, 0.05) is 0 Å². The summed E-state index contributed by atoms with van der Waals surface area (Å²) in [4.78, 5) is 115. The average molecular weight is 823 g/mol. The number of hydrogen-bond acceptors (Lipinski definition) is 12. The van der Waals surface area contributed by atoms with Gasteiger partial charge in [0.25, 0.3) is 0 Å². The molecule has 0 aliphatic carbocycles. The summed E-state index contributed by atoms with van der Waals surface area (Å²) in [7, 11) is 0. The van der Waals surface area contributed by atoms with Gasteiger partial charge >= 0.3 is 17.9 Å². The molecule has 324 valence electrons. The Hall–Kier alpha value is -5.67. The zero-order valence-electron chi connectivity index (χ0n) is 33.1. The van der Waals surface area contributed by atoms with Gasteiger partial charge < -0.3 is 63.8 Å². The van der Waals surface area contributed by atoms with E-state index in [1.54, 1.807) is 58.0 Å². The Morgan fingerprint density at radius 1 is 0.621 bits per heavy atom. The topological polar surface area (TPSA) is 359 Å². The number of aliphatic hydroxyl groups is 1. The van der Waals surface area contributed by atoms with Crippen molar-refractivity contribution in [2.24, 2.45) is 23.3 Å². The number of unbranched alkanes of at least 4 members (excludes halogenated alkanes) is 1. The van der Waals surface area contributed by atoms with Crippen molar-refractivity contribution in [2.45, 2.75) is 115 Å². The lowest BCUT2D eigenvalue weighted by atomic mass is 9.95. The molecule has 14 N–H and O–H groups in total. The quantitative estimate of drug-likeness (QED) is 0.0403. The standard InChI is InChI=1S/C37H58N8O13/c1-5-20(4)30(45-35(55)29(19(2)3)44-31(51)22(39)15-21-11-7-6-8-12-21)36(56)42-25(17-28(49)50)34(54)41-24(16-27(47)48)33(53)40-23(13-9-10-14-38)32(52)43-26(18-46)37(57)58/h6-8,11-12,19-20,22-26,29-30,46H,5,9-10,13-18,38-39H2,1-4H3,(H,40,53)(H,41,54)(H,42,56)(H,43,52)(H,44,51)(H,45,55)(H,47,48)(H,49,50)(H,57,58)/t20-,22-,23-,24-,25-,26-,29-,30-/m0/s1. The molecule has 1 rings (SSSR count). The Labute approximate surface area is 335 Å². The summed E-state index contributed by atoms with van der Waals surface area (Å²) in [6, 6.07) is -1.68. The van der Waals surface area contributed by atoms with Crippen molar-refractivity contribution in [1.82, 2.24) is 31.9 Å². The van der Waals surface area contributed by atoms with Crippen LogP contribution < -0.4 is 43.4 Å². The zero-order valence-corrected chi connectivity index (χ0v) is 33.1. The molecule has 0 radical (unpaired) electrons. The van der Waals surface area contributed by atoms with Gasteiger partial charge in [0.05, 0.1) is 25.5 Å². The molecule has 0 fully saturated rings. The monoisotopic (exact) mass is 822 g/mol. The molecule has 58 heavy (non-hydrogen) atoms. The molecule has 8 atom stereocenters. The summed E-state index contributed by atoms with van der Waals surface area (Å²) in [6.07, 6.45) is -1.12. The predicted octanol–water partition coefficient (Wildman–Crippen LogP) is -2.68. The number of hydrogen-bond donors (Lipinski definition) is 12. The lowest BCUT2D eigenvalue weighted by Gasteiger charge is -2.30. The second-order valence-corrected chi connectivity index (χ2v) is 14.1. The van der Waals surface area contributed by atoms with Gasteiger partial charge in [-0.1, -0.05) is 64.4 Å². The van der Waals surface area contributed by atoms with Gasteiger partial charge in [0.15, 0.2) is 0 Å². The van der Waals surface area contributed by atoms with Crippen molar-refractivity contribution >= 4 is 53.4 Å². The Balaban J connectivity index is 3.28. The first kappa shape index (κ1) is 50.3. The lowest BCUT2D eigenvalue weighted by molar-refractivity contribution is -0.144. The van der Waals surface area contributed by atoms with Crippen LogP contribution >= 0.6 is 0 Å². The van der Waals surface area contributed by atoms with Gasteiger partial charge in [-0.15, -0.1) is 0 Å². The number of rotatable bonds is 27. The van der Waals surface area contributed by atoms with Crippen LogP contribution in [0.1, 0.15) is 71.8 Å². The molecular formula is C37H58N8O13. The van der Waals surface area contributed by atoms with Gasteiger partial charge in [0.1, 0.15) is 36.3 Å². The highest BCUT2D eigenvalue weighted by Gasteiger charge is 2.36. The van der Waals surface area contributed by atoms with Crippen LogP contribution in [0.2, 0.25) is 0 Å². The summed E-state index contributed by atoms with van der Waals surface area (Å²) in [5, 5.41) is 51.5. The van der Waals surface area contributed by atoms with E-state index in [9.17, 15) is 63.6 Å². The van der Waals surface area contributed by atoms with Crippen LogP contribution in [0.25, 0.3) is 0 Å². The molecule has 21 heteroatoms. The lowest BCUT2D eigenvalue weighted by Crippen LogP contribution is -2.61. The summed E-state index contributed by atoms with van der Waals surface area (Å²) in [5.74, 6) is -11.8. The van der Waals surface area contributed by atoms with E-state index in [1.165, 1.54) is 0 Å². The highest BCUT2D eigenvalue weighted by molar-refractivity contribution is 5.99. The number of benzene rings is 1. The first-order valence-electron chi connectivity index (χ1n) is 18.8. The maximum absolute atomic E-state index is 13.7. The molecule has 0 saturated heterocycles. The van der Waals surface area contributed by atoms with E-state index in [4.69, 9.17) is 11.5 Å². The average Bonchev–Trinajstić information content (AvgIpc) is 3.16. The molecule has 0 aromatic heterocycles. The fraction of sp³-hybridized carbons (Fsp3) is 0.595. The summed E-state index contributed by atoms with van der Waals surface area (Å²) >= 11 is 0. The number of nitrogens with two attached hydrogens (primary N) is 2. The van der Waals surface area contributed by atoms with Crippen LogP contribution in [0.5, 0.6) is 0 Å². The molecule has 0 unspecified atom stereocenters. The number of amides is 6. The van der Waals surface area contributed by atoms with Gasteiger partial charge in [-0.3, -0.25) is 38.4 Å². The van der Waals surface area contributed by atoms with Crippen LogP contribution in [0.15, 0.2) is 30.3 Å². The Bertz CT molecular complexity index is 1580. The van der Waals surface area contributed by atoms with Gasteiger partial charge in [-0.25, -0.2) is 4.79 Å². The third-order valence-electron chi connectivity index (χ3n) is 9.08. The van der Waals surface area contributed by atoms with Crippen molar-refractivity contribution < 1.29 is 63.6 Å². The van der Waals surface area contributed by atoms with Crippen molar-refractivity contribution in [2.75, 3.05) is 13.2 Å². The van der Waals surface area contributed by atoms with Crippen molar-refractivity contribution in [3.05, 3.63) is 35.9 Å². The molecule has 0 bridgehead atoms. The van der Waals surface area contributed by atoms with Gasteiger partial charge in [-0.2, -0.15) is 0 Å². The van der Waals surface area contributed by atoms with E-state index in [1.807, 2.05) is 5.32 Å². The van der Waals surface area contributed by atoms with Crippen molar-refractivity contribution in [3.8, 4) is 0 Å².